The minimum Gasteiger partial charge on any atom is -0.480 e. The molecule has 1 atom stereocenters. The predicted molar refractivity (Wildman–Crippen MR) is 83.9 cm³/mol. The van der Waals surface area contributed by atoms with E-state index in [4.69, 9.17) is 0 Å². The SMILES string of the molecule is CCCCC(NC(=O)C(C)(C)n1ccc(C)cc1=O)C(=O)O. The first-order valence-electron chi connectivity index (χ1n) is 7.43. The first kappa shape index (κ1) is 17.9. The molecule has 122 valence electrons. The summed E-state index contributed by atoms with van der Waals surface area (Å²) in [5.74, 6) is -1.55. The maximum atomic E-state index is 12.4. The number of carboxylic acid groups (broad SMARTS) is 1. The number of carbonyl (C=O) groups is 2. The van der Waals surface area contributed by atoms with Crippen molar-refractivity contribution in [2.75, 3.05) is 0 Å². The highest BCUT2D eigenvalue weighted by atomic mass is 16.4. The molecule has 0 aromatic carbocycles. The van der Waals surface area contributed by atoms with Crippen LogP contribution in [0.15, 0.2) is 23.1 Å². The maximum Gasteiger partial charge on any atom is 0.326 e. The van der Waals surface area contributed by atoms with Crippen LogP contribution in [0.25, 0.3) is 0 Å². The molecule has 1 aromatic heterocycles. The van der Waals surface area contributed by atoms with Crippen LogP contribution in [-0.2, 0) is 15.1 Å². The highest BCUT2D eigenvalue weighted by molar-refractivity contribution is 5.88. The van der Waals surface area contributed by atoms with Crippen LogP contribution in [0.2, 0.25) is 0 Å². The van der Waals surface area contributed by atoms with Crippen LogP contribution >= 0.6 is 0 Å². The largest absolute Gasteiger partial charge is 0.480 e. The molecule has 1 heterocycles. The molecular weight excluding hydrogens is 284 g/mol. The lowest BCUT2D eigenvalue weighted by Crippen LogP contribution is -2.53. The van der Waals surface area contributed by atoms with Gasteiger partial charge in [0.2, 0.25) is 5.91 Å². The van der Waals surface area contributed by atoms with E-state index in [0.29, 0.717) is 12.8 Å². The summed E-state index contributed by atoms with van der Waals surface area (Å²) in [5.41, 5.74) is -0.644. The Kier molecular flexibility index (Phi) is 5.91. The van der Waals surface area contributed by atoms with Crippen molar-refractivity contribution in [3.05, 3.63) is 34.2 Å². The summed E-state index contributed by atoms with van der Waals surface area (Å²) in [7, 11) is 0. The van der Waals surface area contributed by atoms with Crippen LogP contribution in [0, 0.1) is 6.92 Å². The Bertz CT molecular complexity index is 604. The first-order chi connectivity index (χ1) is 10.2. The Morgan fingerprint density at radius 3 is 2.55 bits per heavy atom. The molecular formula is C16H24N2O4. The van der Waals surface area contributed by atoms with E-state index in [1.54, 1.807) is 33.0 Å². The van der Waals surface area contributed by atoms with E-state index in [-0.39, 0.29) is 5.56 Å². The van der Waals surface area contributed by atoms with E-state index >= 15 is 0 Å². The number of pyridine rings is 1. The van der Waals surface area contributed by atoms with Gasteiger partial charge in [-0.3, -0.25) is 9.59 Å². The Morgan fingerprint density at radius 1 is 1.41 bits per heavy atom. The lowest BCUT2D eigenvalue weighted by molar-refractivity contribution is -0.143. The summed E-state index contributed by atoms with van der Waals surface area (Å²) in [6.07, 6.45) is 3.48. The van der Waals surface area contributed by atoms with Gasteiger partial charge in [-0.2, -0.15) is 0 Å². The van der Waals surface area contributed by atoms with Crippen LogP contribution in [0.3, 0.4) is 0 Å². The van der Waals surface area contributed by atoms with Gasteiger partial charge in [0.15, 0.2) is 0 Å². The third-order valence-electron chi connectivity index (χ3n) is 3.68. The third-order valence-corrected chi connectivity index (χ3v) is 3.68. The molecule has 0 aliphatic carbocycles. The summed E-state index contributed by atoms with van der Waals surface area (Å²) < 4.78 is 1.31. The normalized spacial score (nSPS) is 12.7. The molecule has 1 unspecified atom stereocenters. The fourth-order valence-electron chi connectivity index (χ4n) is 2.15. The molecule has 1 rings (SSSR count). The minimum atomic E-state index is -1.16. The second-order valence-corrected chi connectivity index (χ2v) is 5.98. The Labute approximate surface area is 130 Å². The molecule has 0 saturated heterocycles. The maximum absolute atomic E-state index is 12.4. The van der Waals surface area contributed by atoms with Crippen LogP contribution in [0.1, 0.15) is 45.6 Å². The second kappa shape index (κ2) is 7.24. The number of unbranched alkanes of at least 4 members (excludes halogenated alkanes) is 1. The van der Waals surface area contributed by atoms with E-state index < -0.39 is 23.5 Å². The molecule has 0 fully saturated rings. The molecule has 0 aliphatic rings. The predicted octanol–water partition coefficient (Wildman–Crippen LogP) is 1.65. The van der Waals surface area contributed by atoms with Gasteiger partial charge in [0.25, 0.3) is 5.56 Å². The van der Waals surface area contributed by atoms with Crippen molar-refractivity contribution in [3.8, 4) is 0 Å². The van der Waals surface area contributed by atoms with Crippen LogP contribution in [-0.4, -0.2) is 27.6 Å². The summed E-state index contributed by atoms with van der Waals surface area (Å²) in [6, 6.07) is 2.25. The lowest BCUT2D eigenvalue weighted by Gasteiger charge is -2.28. The number of amides is 1. The standard InChI is InChI=1S/C16H24N2O4/c1-5-6-7-12(14(20)21)17-15(22)16(3,4)18-9-8-11(2)10-13(18)19/h8-10,12H,5-7H2,1-4H3,(H,17,22)(H,20,21). The van der Waals surface area contributed by atoms with E-state index in [0.717, 1.165) is 12.0 Å². The van der Waals surface area contributed by atoms with E-state index in [1.165, 1.54) is 10.6 Å². The topological polar surface area (TPSA) is 88.4 Å². The van der Waals surface area contributed by atoms with Gasteiger partial charge in [-0.05, 0) is 38.8 Å². The summed E-state index contributed by atoms with van der Waals surface area (Å²) in [6.45, 7) is 6.94. The van der Waals surface area contributed by atoms with Gasteiger partial charge < -0.3 is 15.0 Å². The number of rotatable bonds is 7. The average Bonchev–Trinajstić information content (AvgIpc) is 2.42. The van der Waals surface area contributed by atoms with Crippen LogP contribution < -0.4 is 10.9 Å². The molecule has 1 aromatic rings. The van der Waals surface area contributed by atoms with Gasteiger partial charge >= 0.3 is 5.97 Å². The number of hydrogen-bond donors (Lipinski definition) is 2. The number of aliphatic carboxylic acids is 1. The molecule has 0 aliphatic heterocycles. The summed E-state index contributed by atoms with van der Waals surface area (Å²) in [4.78, 5) is 35.7. The van der Waals surface area contributed by atoms with Crippen molar-refractivity contribution in [1.82, 2.24) is 9.88 Å². The van der Waals surface area contributed by atoms with Crippen molar-refractivity contribution in [3.63, 3.8) is 0 Å². The van der Waals surface area contributed by atoms with E-state index in [1.807, 2.05) is 6.92 Å². The molecule has 6 heteroatoms. The zero-order valence-electron chi connectivity index (χ0n) is 13.5. The lowest BCUT2D eigenvalue weighted by atomic mass is 10.0. The molecule has 0 spiro atoms. The smallest absolute Gasteiger partial charge is 0.326 e. The summed E-state index contributed by atoms with van der Waals surface area (Å²) >= 11 is 0. The average molecular weight is 308 g/mol. The summed E-state index contributed by atoms with van der Waals surface area (Å²) in [5, 5.41) is 11.7. The van der Waals surface area contributed by atoms with Crippen LogP contribution in [0.4, 0.5) is 0 Å². The Hall–Kier alpha value is -2.11. The molecule has 1 amide bonds. The minimum absolute atomic E-state index is 0.291. The number of carbonyl (C=O) groups excluding carboxylic acids is 1. The van der Waals surface area contributed by atoms with Crippen molar-refractivity contribution in [2.24, 2.45) is 0 Å². The molecule has 0 saturated carbocycles. The van der Waals surface area contributed by atoms with Crippen molar-refractivity contribution in [2.45, 2.75) is 58.5 Å². The van der Waals surface area contributed by atoms with Gasteiger partial charge in [0, 0.05) is 12.3 Å². The van der Waals surface area contributed by atoms with Crippen LogP contribution in [0.5, 0.6) is 0 Å². The fourth-order valence-corrected chi connectivity index (χ4v) is 2.15. The number of nitrogens with one attached hydrogen (secondary N) is 1. The molecule has 22 heavy (non-hydrogen) atoms. The third kappa shape index (κ3) is 4.19. The monoisotopic (exact) mass is 308 g/mol. The number of carboxylic acids is 1. The zero-order valence-corrected chi connectivity index (χ0v) is 13.5. The van der Waals surface area contributed by atoms with Gasteiger partial charge in [-0.15, -0.1) is 0 Å². The van der Waals surface area contributed by atoms with Crippen molar-refractivity contribution < 1.29 is 14.7 Å². The molecule has 0 bridgehead atoms. The fraction of sp³-hybridized carbons (Fsp3) is 0.562. The Morgan fingerprint density at radius 2 is 2.05 bits per heavy atom. The second-order valence-electron chi connectivity index (χ2n) is 5.98. The molecule has 2 N–H and O–H groups in total. The number of aromatic nitrogens is 1. The molecule has 6 nitrogen and oxygen atoms in total. The van der Waals surface area contributed by atoms with Crippen molar-refractivity contribution in [1.29, 1.82) is 0 Å². The quantitative estimate of drug-likeness (QED) is 0.801. The van der Waals surface area contributed by atoms with E-state index in [2.05, 4.69) is 5.32 Å². The van der Waals surface area contributed by atoms with Gasteiger partial charge in [-0.25, -0.2) is 4.79 Å². The molecule has 0 radical (unpaired) electrons. The number of aryl methyl sites for hydroxylation is 1. The number of hydrogen-bond acceptors (Lipinski definition) is 3. The zero-order chi connectivity index (χ0) is 16.9. The highest BCUT2D eigenvalue weighted by Crippen LogP contribution is 2.14. The van der Waals surface area contributed by atoms with Crippen molar-refractivity contribution >= 4 is 11.9 Å². The van der Waals surface area contributed by atoms with Gasteiger partial charge in [-0.1, -0.05) is 19.8 Å². The van der Waals surface area contributed by atoms with E-state index in [9.17, 15) is 19.5 Å². The van der Waals surface area contributed by atoms with Gasteiger partial charge in [0.1, 0.15) is 11.6 Å². The Balaban J connectivity index is 2.98. The van der Waals surface area contributed by atoms with Gasteiger partial charge in [0.05, 0.1) is 0 Å². The highest BCUT2D eigenvalue weighted by Gasteiger charge is 2.33. The number of nitrogens with zero attached hydrogens (tertiary/aromatic N) is 1. The first-order valence-corrected chi connectivity index (χ1v) is 7.43.